The van der Waals surface area contributed by atoms with E-state index in [1.807, 2.05) is 24.3 Å². The number of carboxylic acids is 1. The number of hydrogen-bond acceptors (Lipinski definition) is 5. The first-order valence-corrected chi connectivity index (χ1v) is 8.08. The third-order valence-electron chi connectivity index (χ3n) is 4.39. The summed E-state index contributed by atoms with van der Waals surface area (Å²) in [5.74, 6) is -2.59. The number of aromatic hydroxyl groups is 2. The lowest BCUT2D eigenvalue weighted by Gasteiger charge is -2.10. The first-order chi connectivity index (χ1) is 13.0. The molecule has 4 aromatic rings. The minimum Gasteiger partial charge on any atom is -0.504 e. The first kappa shape index (κ1) is 16.5. The fraction of sp³-hybridized carbons (Fsp3) is 0. The van der Waals surface area contributed by atoms with Crippen molar-refractivity contribution in [2.45, 2.75) is 0 Å². The Bertz CT molecular complexity index is 1240. The second-order valence-electron chi connectivity index (χ2n) is 6.08. The third kappa shape index (κ3) is 2.73. The van der Waals surface area contributed by atoms with Gasteiger partial charge in [0.2, 0.25) is 5.78 Å². The summed E-state index contributed by atoms with van der Waals surface area (Å²) < 4.78 is 0. The van der Waals surface area contributed by atoms with Gasteiger partial charge in [0.05, 0.1) is 0 Å². The molecule has 0 bridgehead atoms. The van der Waals surface area contributed by atoms with Crippen molar-refractivity contribution in [3.8, 4) is 11.5 Å². The van der Waals surface area contributed by atoms with E-state index in [1.54, 1.807) is 18.2 Å². The zero-order valence-electron chi connectivity index (χ0n) is 13.9. The lowest BCUT2D eigenvalue weighted by atomic mass is 9.96. The Morgan fingerprint density at radius 1 is 0.778 bits per heavy atom. The molecule has 6 heteroatoms. The Hall–Kier alpha value is -3.93. The van der Waals surface area contributed by atoms with Crippen molar-refractivity contribution in [1.29, 1.82) is 0 Å². The molecule has 1 heterocycles. The second-order valence-corrected chi connectivity index (χ2v) is 6.08. The molecule has 0 radical (unpaired) electrons. The first-order valence-electron chi connectivity index (χ1n) is 8.08. The molecule has 27 heavy (non-hydrogen) atoms. The van der Waals surface area contributed by atoms with E-state index in [0.29, 0.717) is 16.3 Å². The van der Waals surface area contributed by atoms with Gasteiger partial charge in [0.25, 0.3) is 0 Å². The number of carbonyl (C=O) groups is 2. The number of carboxylic acid groups (broad SMARTS) is 1. The zero-order chi connectivity index (χ0) is 19.1. The minimum absolute atomic E-state index is 0.100. The van der Waals surface area contributed by atoms with Crippen molar-refractivity contribution in [3.05, 3.63) is 77.6 Å². The Kier molecular flexibility index (Phi) is 3.74. The van der Waals surface area contributed by atoms with Crippen LogP contribution in [0.1, 0.15) is 26.5 Å². The van der Waals surface area contributed by atoms with E-state index in [-0.39, 0.29) is 16.8 Å². The van der Waals surface area contributed by atoms with Crippen molar-refractivity contribution < 1.29 is 24.9 Å². The molecule has 0 saturated heterocycles. The highest BCUT2D eigenvalue weighted by Gasteiger charge is 2.21. The maximum Gasteiger partial charge on any atom is 0.354 e. The van der Waals surface area contributed by atoms with Crippen LogP contribution >= 0.6 is 0 Å². The van der Waals surface area contributed by atoms with Crippen LogP contribution in [0.2, 0.25) is 0 Å². The highest BCUT2D eigenvalue weighted by Crippen LogP contribution is 2.33. The van der Waals surface area contributed by atoms with E-state index in [9.17, 15) is 24.9 Å². The van der Waals surface area contributed by atoms with Crippen LogP contribution in [0.3, 0.4) is 0 Å². The second kappa shape index (κ2) is 6.10. The molecule has 0 fully saturated rings. The molecule has 0 aliphatic carbocycles. The van der Waals surface area contributed by atoms with Gasteiger partial charge in [-0.25, -0.2) is 9.78 Å². The van der Waals surface area contributed by atoms with Crippen molar-refractivity contribution in [2.24, 2.45) is 0 Å². The highest BCUT2D eigenvalue weighted by atomic mass is 16.4. The summed E-state index contributed by atoms with van der Waals surface area (Å²) in [4.78, 5) is 28.7. The Balaban J connectivity index is 2.03. The molecule has 0 saturated carbocycles. The molecule has 3 N–H and O–H groups in total. The van der Waals surface area contributed by atoms with Gasteiger partial charge in [-0.1, -0.05) is 42.5 Å². The van der Waals surface area contributed by atoms with E-state index in [4.69, 9.17) is 0 Å². The number of pyridine rings is 1. The average molecular weight is 359 g/mol. The summed E-state index contributed by atoms with van der Waals surface area (Å²) in [7, 11) is 0. The molecule has 0 amide bonds. The van der Waals surface area contributed by atoms with Crippen LogP contribution in [-0.2, 0) is 0 Å². The van der Waals surface area contributed by atoms with Crippen LogP contribution in [0.25, 0.3) is 21.5 Å². The van der Waals surface area contributed by atoms with Gasteiger partial charge < -0.3 is 15.3 Å². The molecule has 132 valence electrons. The molecular weight excluding hydrogens is 346 g/mol. The molecule has 6 nitrogen and oxygen atoms in total. The molecule has 3 aromatic carbocycles. The summed E-state index contributed by atoms with van der Waals surface area (Å²) in [6.45, 7) is 0. The summed E-state index contributed by atoms with van der Waals surface area (Å²) in [6, 6.07) is 16.3. The van der Waals surface area contributed by atoms with Crippen molar-refractivity contribution >= 4 is 33.3 Å². The van der Waals surface area contributed by atoms with Gasteiger partial charge in [-0.2, -0.15) is 0 Å². The number of nitrogens with zero attached hydrogens (tertiary/aromatic N) is 1. The third-order valence-corrected chi connectivity index (χ3v) is 4.39. The molecule has 0 spiro atoms. The molecule has 0 atom stereocenters. The normalized spacial score (nSPS) is 11.0. The van der Waals surface area contributed by atoms with E-state index in [2.05, 4.69) is 4.98 Å². The summed E-state index contributed by atoms with van der Waals surface area (Å²) in [5, 5.41) is 31.0. The van der Waals surface area contributed by atoms with E-state index in [0.717, 1.165) is 5.39 Å². The lowest BCUT2D eigenvalue weighted by Crippen LogP contribution is -2.10. The number of aromatic nitrogens is 1. The standard InChI is InChI=1S/C21H13NO5/c23-17-9-12-8-16(21(26)27)22-19(15(12)10-18(17)24)20(25)14-7-3-5-11-4-1-2-6-13(11)14/h1-10,23-24H,(H,26,27). The van der Waals surface area contributed by atoms with Gasteiger partial charge in [0.1, 0.15) is 11.4 Å². The SMILES string of the molecule is O=C(O)c1cc2cc(O)c(O)cc2c(C(=O)c2cccc3ccccc23)n1. The molecular formula is C21H13NO5. The average Bonchev–Trinajstić information content (AvgIpc) is 2.67. The quantitative estimate of drug-likeness (QED) is 0.380. The van der Waals surface area contributed by atoms with E-state index >= 15 is 0 Å². The zero-order valence-corrected chi connectivity index (χ0v) is 13.9. The number of fused-ring (bicyclic) bond motifs is 2. The Morgan fingerprint density at radius 3 is 2.26 bits per heavy atom. The van der Waals surface area contributed by atoms with Gasteiger partial charge in [0.15, 0.2) is 11.5 Å². The fourth-order valence-electron chi connectivity index (χ4n) is 3.11. The van der Waals surface area contributed by atoms with Gasteiger partial charge in [-0.3, -0.25) is 4.79 Å². The molecule has 0 aliphatic heterocycles. The number of aromatic carboxylic acids is 1. The topological polar surface area (TPSA) is 108 Å². The van der Waals surface area contributed by atoms with Crippen molar-refractivity contribution in [1.82, 2.24) is 4.98 Å². The Morgan fingerprint density at radius 2 is 1.48 bits per heavy atom. The van der Waals surface area contributed by atoms with Crippen molar-refractivity contribution in [3.63, 3.8) is 0 Å². The highest BCUT2D eigenvalue weighted by molar-refractivity contribution is 6.21. The predicted octanol–water partition coefficient (Wildman–Crippen LogP) is 3.73. The van der Waals surface area contributed by atoms with Crippen LogP contribution in [-0.4, -0.2) is 32.1 Å². The van der Waals surface area contributed by atoms with Crippen LogP contribution < -0.4 is 0 Å². The van der Waals surface area contributed by atoms with Crippen LogP contribution in [0.5, 0.6) is 11.5 Å². The van der Waals surface area contributed by atoms with Gasteiger partial charge >= 0.3 is 5.97 Å². The number of rotatable bonds is 3. The number of ketones is 1. The molecule has 0 unspecified atom stereocenters. The maximum atomic E-state index is 13.2. The van der Waals surface area contributed by atoms with E-state index in [1.165, 1.54) is 18.2 Å². The monoisotopic (exact) mass is 359 g/mol. The number of benzene rings is 3. The van der Waals surface area contributed by atoms with Gasteiger partial charge in [0, 0.05) is 10.9 Å². The number of phenolic OH excluding ortho intramolecular Hbond substituents is 2. The number of phenols is 2. The van der Waals surface area contributed by atoms with Crippen LogP contribution in [0.4, 0.5) is 0 Å². The number of hydrogen-bond donors (Lipinski definition) is 3. The minimum atomic E-state index is -1.29. The smallest absolute Gasteiger partial charge is 0.354 e. The van der Waals surface area contributed by atoms with Crippen molar-refractivity contribution in [2.75, 3.05) is 0 Å². The number of carbonyl (C=O) groups excluding carboxylic acids is 1. The molecule has 4 rings (SSSR count). The van der Waals surface area contributed by atoms with Crippen LogP contribution in [0, 0.1) is 0 Å². The summed E-state index contributed by atoms with van der Waals surface area (Å²) in [5.41, 5.74) is -0.0512. The van der Waals surface area contributed by atoms with Crippen LogP contribution in [0.15, 0.2) is 60.7 Å². The van der Waals surface area contributed by atoms with Gasteiger partial charge in [-0.05, 0) is 34.4 Å². The van der Waals surface area contributed by atoms with Gasteiger partial charge in [-0.15, -0.1) is 0 Å². The maximum absolute atomic E-state index is 13.2. The molecule has 1 aromatic heterocycles. The Labute approximate surface area is 153 Å². The van der Waals surface area contributed by atoms with E-state index < -0.39 is 23.3 Å². The fourth-order valence-corrected chi connectivity index (χ4v) is 3.11. The predicted molar refractivity (Wildman–Crippen MR) is 99.4 cm³/mol. The summed E-state index contributed by atoms with van der Waals surface area (Å²) in [6.07, 6.45) is 0. The largest absolute Gasteiger partial charge is 0.504 e. The lowest BCUT2D eigenvalue weighted by molar-refractivity contribution is 0.0690. The molecule has 0 aliphatic rings. The summed E-state index contributed by atoms with van der Waals surface area (Å²) >= 11 is 0.